The Morgan fingerprint density at radius 1 is 1.23 bits per heavy atom. The molecule has 2 amide bonds. The molecule has 0 bridgehead atoms. The number of nitrogens with zero attached hydrogens (tertiary/aromatic N) is 3. The first-order valence-electron chi connectivity index (χ1n) is 10.8. The molecular formula is C22H34N4O5. The van der Waals surface area contributed by atoms with Crippen molar-refractivity contribution in [2.24, 2.45) is 0 Å². The van der Waals surface area contributed by atoms with Crippen molar-refractivity contribution in [1.29, 1.82) is 0 Å². The largest absolute Gasteiger partial charge is 0.493 e. The molecule has 2 aliphatic heterocycles. The second-order valence-electron chi connectivity index (χ2n) is 7.90. The fraction of sp³-hybridized carbons (Fsp3) is 0.636. The Morgan fingerprint density at radius 2 is 2.00 bits per heavy atom. The Kier molecular flexibility index (Phi) is 8.51. The molecule has 9 heteroatoms. The lowest BCUT2D eigenvalue weighted by atomic mass is 10.1. The molecule has 1 atom stereocenters. The zero-order chi connectivity index (χ0) is 22.2. The van der Waals surface area contributed by atoms with E-state index in [-0.39, 0.29) is 18.2 Å². The number of amides is 2. The molecule has 0 radical (unpaired) electrons. The molecule has 2 fully saturated rings. The van der Waals surface area contributed by atoms with Crippen LogP contribution in [0.25, 0.3) is 0 Å². The number of nitrogens with one attached hydrogen (secondary N) is 1. The minimum Gasteiger partial charge on any atom is -0.493 e. The van der Waals surface area contributed by atoms with Gasteiger partial charge in [0.25, 0.3) is 0 Å². The van der Waals surface area contributed by atoms with E-state index in [4.69, 9.17) is 14.2 Å². The average Bonchev–Trinajstić information content (AvgIpc) is 2.80. The smallest absolute Gasteiger partial charge is 0.237 e. The topological polar surface area (TPSA) is 83.6 Å². The monoisotopic (exact) mass is 434 g/mol. The van der Waals surface area contributed by atoms with Crippen LogP contribution < -0.4 is 14.8 Å². The fourth-order valence-electron chi connectivity index (χ4n) is 4.03. The average molecular weight is 435 g/mol. The SMILES string of the molecule is COc1cccc(CN2CCNC(=O)C2CC(=O)N(C)CCN2CCOCC2)c1OC. The molecule has 2 heterocycles. The first-order chi connectivity index (χ1) is 15.0. The van der Waals surface area contributed by atoms with Crippen LogP contribution in [0.4, 0.5) is 0 Å². The van der Waals surface area contributed by atoms with E-state index in [9.17, 15) is 9.59 Å². The highest BCUT2D eigenvalue weighted by Crippen LogP contribution is 2.32. The zero-order valence-electron chi connectivity index (χ0n) is 18.8. The summed E-state index contributed by atoms with van der Waals surface area (Å²) < 4.78 is 16.3. The summed E-state index contributed by atoms with van der Waals surface area (Å²) in [5.41, 5.74) is 0.926. The van der Waals surface area contributed by atoms with Gasteiger partial charge < -0.3 is 24.4 Å². The predicted molar refractivity (Wildman–Crippen MR) is 116 cm³/mol. The molecule has 0 aliphatic carbocycles. The van der Waals surface area contributed by atoms with Gasteiger partial charge >= 0.3 is 0 Å². The summed E-state index contributed by atoms with van der Waals surface area (Å²) in [6, 6.07) is 5.19. The lowest BCUT2D eigenvalue weighted by Gasteiger charge is -2.36. The normalized spacial score (nSPS) is 20.2. The van der Waals surface area contributed by atoms with Gasteiger partial charge in [0, 0.05) is 58.4 Å². The highest BCUT2D eigenvalue weighted by atomic mass is 16.5. The number of morpholine rings is 1. The molecule has 1 aromatic rings. The highest BCUT2D eigenvalue weighted by Gasteiger charge is 2.33. The van der Waals surface area contributed by atoms with Crippen LogP contribution in [-0.2, 0) is 20.9 Å². The van der Waals surface area contributed by atoms with Crippen LogP contribution in [-0.4, -0.2) is 106 Å². The van der Waals surface area contributed by atoms with Crippen LogP contribution in [0.5, 0.6) is 11.5 Å². The zero-order valence-corrected chi connectivity index (χ0v) is 18.8. The van der Waals surface area contributed by atoms with Crippen molar-refractivity contribution in [3.8, 4) is 11.5 Å². The van der Waals surface area contributed by atoms with Crippen LogP contribution in [0.15, 0.2) is 18.2 Å². The number of carbonyl (C=O) groups excluding carboxylic acids is 2. The summed E-state index contributed by atoms with van der Waals surface area (Å²) in [5, 5.41) is 2.90. The molecular weight excluding hydrogens is 400 g/mol. The lowest BCUT2D eigenvalue weighted by molar-refractivity contribution is -0.138. The molecule has 2 saturated heterocycles. The van der Waals surface area contributed by atoms with E-state index in [1.165, 1.54) is 0 Å². The van der Waals surface area contributed by atoms with E-state index in [2.05, 4.69) is 10.2 Å². The number of rotatable bonds is 9. The summed E-state index contributed by atoms with van der Waals surface area (Å²) in [6.45, 7) is 6.44. The van der Waals surface area contributed by atoms with Gasteiger partial charge in [-0.05, 0) is 6.07 Å². The summed E-state index contributed by atoms with van der Waals surface area (Å²) >= 11 is 0. The molecule has 0 aromatic heterocycles. The van der Waals surface area contributed by atoms with Crippen molar-refractivity contribution in [3.05, 3.63) is 23.8 Å². The van der Waals surface area contributed by atoms with Gasteiger partial charge in [-0.15, -0.1) is 0 Å². The number of hydrogen-bond acceptors (Lipinski definition) is 7. The van der Waals surface area contributed by atoms with E-state index in [0.717, 1.165) is 38.4 Å². The molecule has 0 spiro atoms. The van der Waals surface area contributed by atoms with E-state index < -0.39 is 6.04 Å². The summed E-state index contributed by atoms with van der Waals surface area (Å²) in [5.74, 6) is 1.17. The van der Waals surface area contributed by atoms with Gasteiger partial charge in [0.1, 0.15) is 0 Å². The first kappa shape index (κ1) is 23.3. The predicted octanol–water partition coefficient (Wildman–Crippen LogP) is 0.185. The van der Waals surface area contributed by atoms with Crippen molar-refractivity contribution in [3.63, 3.8) is 0 Å². The maximum absolute atomic E-state index is 12.9. The van der Waals surface area contributed by atoms with Crippen LogP contribution in [0, 0.1) is 0 Å². The van der Waals surface area contributed by atoms with Crippen molar-refractivity contribution >= 4 is 11.8 Å². The molecule has 2 aliphatic rings. The third-order valence-corrected chi connectivity index (χ3v) is 5.95. The minimum absolute atomic E-state index is 0.0297. The lowest BCUT2D eigenvalue weighted by Crippen LogP contribution is -2.56. The van der Waals surface area contributed by atoms with Crippen LogP contribution in [0.2, 0.25) is 0 Å². The van der Waals surface area contributed by atoms with Crippen LogP contribution in [0.3, 0.4) is 0 Å². The van der Waals surface area contributed by atoms with Gasteiger partial charge in [-0.2, -0.15) is 0 Å². The third kappa shape index (κ3) is 6.09. The maximum atomic E-state index is 12.9. The van der Waals surface area contributed by atoms with Crippen LogP contribution >= 0.6 is 0 Å². The quantitative estimate of drug-likeness (QED) is 0.594. The number of para-hydroxylation sites is 1. The number of ether oxygens (including phenoxy) is 3. The number of piperazine rings is 1. The maximum Gasteiger partial charge on any atom is 0.237 e. The number of benzene rings is 1. The second-order valence-corrected chi connectivity index (χ2v) is 7.90. The van der Waals surface area contributed by atoms with Crippen molar-refractivity contribution in [1.82, 2.24) is 20.0 Å². The molecule has 3 rings (SSSR count). The van der Waals surface area contributed by atoms with Crippen molar-refractivity contribution in [2.45, 2.75) is 19.0 Å². The van der Waals surface area contributed by atoms with Gasteiger partial charge in [0.2, 0.25) is 11.8 Å². The van der Waals surface area contributed by atoms with Gasteiger partial charge in [-0.3, -0.25) is 19.4 Å². The Balaban J connectivity index is 1.62. The van der Waals surface area contributed by atoms with E-state index in [0.29, 0.717) is 37.7 Å². The molecule has 0 saturated carbocycles. The molecule has 1 aromatic carbocycles. The first-order valence-corrected chi connectivity index (χ1v) is 10.8. The molecule has 9 nitrogen and oxygen atoms in total. The fourth-order valence-corrected chi connectivity index (χ4v) is 4.03. The Labute approximate surface area is 184 Å². The summed E-state index contributed by atoms with van der Waals surface area (Å²) in [4.78, 5) is 31.6. The number of hydrogen-bond donors (Lipinski definition) is 1. The van der Waals surface area contributed by atoms with Crippen molar-refractivity contribution < 1.29 is 23.8 Å². The molecule has 1 N–H and O–H groups in total. The number of likely N-dealkylation sites (N-methyl/N-ethyl adjacent to an activating group) is 1. The van der Waals surface area contributed by atoms with Gasteiger partial charge in [0.05, 0.1) is 39.9 Å². The Bertz CT molecular complexity index is 753. The van der Waals surface area contributed by atoms with Crippen LogP contribution in [0.1, 0.15) is 12.0 Å². The third-order valence-electron chi connectivity index (χ3n) is 5.95. The van der Waals surface area contributed by atoms with E-state index in [1.54, 1.807) is 26.2 Å². The van der Waals surface area contributed by atoms with E-state index in [1.807, 2.05) is 23.1 Å². The standard InChI is InChI=1S/C22H34N4O5/c1-24(9-10-25-11-13-31-14-12-25)20(27)15-18-22(28)23-7-8-26(18)16-17-5-4-6-19(29-2)21(17)30-3/h4-6,18H,7-16H2,1-3H3,(H,23,28). The Hall–Kier alpha value is -2.36. The summed E-state index contributed by atoms with van der Waals surface area (Å²) in [6.07, 6.45) is 0.151. The minimum atomic E-state index is -0.511. The molecule has 1 unspecified atom stereocenters. The number of methoxy groups -OCH3 is 2. The molecule has 31 heavy (non-hydrogen) atoms. The van der Waals surface area contributed by atoms with E-state index >= 15 is 0 Å². The second kappa shape index (κ2) is 11.3. The van der Waals surface area contributed by atoms with Gasteiger partial charge in [-0.1, -0.05) is 12.1 Å². The van der Waals surface area contributed by atoms with Gasteiger partial charge in [-0.25, -0.2) is 0 Å². The number of carbonyl (C=O) groups is 2. The summed E-state index contributed by atoms with van der Waals surface area (Å²) in [7, 11) is 5.01. The Morgan fingerprint density at radius 3 is 2.71 bits per heavy atom. The van der Waals surface area contributed by atoms with Gasteiger partial charge in [0.15, 0.2) is 11.5 Å². The molecule has 172 valence electrons. The highest BCUT2D eigenvalue weighted by molar-refractivity contribution is 5.88. The van der Waals surface area contributed by atoms with Crippen molar-refractivity contribution in [2.75, 3.05) is 73.7 Å².